The van der Waals surface area contributed by atoms with Crippen molar-refractivity contribution in [1.82, 2.24) is 15.0 Å². The number of rotatable bonds is 5. The molecule has 0 fully saturated rings. The van der Waals surface area contributed by atoms with Crippen LogP contribution < -0.4 is 5.32 Å². The quantitative estimate of drug-likeness (QED) is 0.598. The maximum atomic E-state index is 4.33. The highest BCUT2D eigenvalue weighted by atomic mass is 15.4. The van der Waals surface area contributed by atoms with E-state index < -0.39 is 0 Å². The fourth-order valence-electron chi connectivity index (χ4n) is 2.88. The fraction of sp³-hybridized carbons (Fsp3) is 0.100. The van der Waals surface area contributed by atoms with Crippen LogP contribution in [0.15, 0.2) is 84.9 Å². The van der Waals surface area contributed by atoms with E-state index >= 15 is 0 Å². The summed E-state index contributed by atoms with van der Waals surface area (Å²) in [6.07, 6.45) is 0. The van der Waals surface area contributed by atoms with Crippen molar-refractivity contribution in [1.29, 1.82) is 0 Å². The predicted molar refractivity (Wildman–Crippen MR) is 96.8 cm³/mol. The molecule has 1 N–H and O–H groups in total. The Morgan fingerprint density at radius 1 is 0.792 bits per heavy atom. The minimum absolute atomic E-state index is 0.110. The molecule has 0 spiro atoms. The molecule has 0 aliphatic carbocycles. The summed E-state index contributed by atoms with van der Waals surface area (Å²) in [5.74, 6) is 0. The molecule has 1 unspecified atom stereocenters. The van der Waals surface area contributed by atoms with Crippen molar-refractivity contribution in [2.24, 2.45) is 0 Å². The van der Waals surface area contributed by atoms with Gasteiger partial charge in [0, 0.05) is 5.69 Å². The van der Waals surface area contributed by atoms with Gasteiger partial charge < -0.3 is 5.32 Å². The van der Waals surface area contributed by atoms with Crippen molar-refractivity contribution in [3.05, 3.63) is 90.5 Å². The van der Waals surface area contributed by atoms with Gasteiger partial charge in [-0.15, -0.1) is 5.10 Å². The molecule has 1 aromatic heterocycles. The lowest BCUT2D eigenvalue weighted by molar-refractivity contribution is 0.548. The van der Waals surface area contributed by atoms with Crippen LogP contribution in [0.5, 0.6) is 0 Å². The highest BCUT2D eigenvalue weighted by Crippen LogP contribution is 2.22. The molecule has 0 radical (unpaired) electrons. The zero-order valence-corrected chi connectivity index (χ0v) is 13.2. The number of nitrogens with one attached hydrogen (secondary N) is 1. The summed E-state index contributed by atoms with van der Waals surface area (Å²) < 4.78 is 1.96. The molecule has 3 aromatic carbocycles. The first-order valence-electron chi connectivity index (χ1n) is 8.05. The van der Waals surface area contributed by atoms with E-state index in [1.54, 1.807) is 0 Å². The van der Waals surface area contributed by atoms with E-state index in [2.05, 4.69) is 58.1 Å². The Morgan fingerprint density at radius 2 is 1.46 bits per heavy atom. The molecule has 4 aromatic rings. The van der Waals surface area contributed by atoms with Gasteiger partial charge in [0.25, 0.3) is 0 Å². The number of benzene rings is 3. The summed E-state index contributed by atoms with van der Waals surface area (Å²) in [6.45, 7) is 0.708. The number of fused-ring (bicyclic) bond motifs is 1. The minimum atomic E-state index is 0.110. The lowest BCUT2D eigenvalue weighted by atomic mass is 10.1. The molecule has 0 saturated heterocycles. The average molecular weight is 314 g/mol. The summed E-state index contributed by atoms with van der Waals surface area (Å²) in [7, 11) is 0. The Kier molecular flexibility index (Phi) is 3.94. The molecule has 0 saturated carbocycles. The number of hydrogen-bond acceptors (Lipinski definition) is 3. The van der Waals surface area contributed by atoms with Gasteiger partial charge in [0.1, 0.15) is 5.52 Å². The van der Waals surface area contributed by atoms with E-state index in [1.807, 2.05) is 47.1 Å². The van der Waals surface area contributed by atoms with Crippen molar-refractivity contribution in [2.75, 3.05) is 5.32 Å². The first-order chi connectivity index (χ1) is 11.9. The fourth-order valence-corrected chi connectivity index (χ4v) is 2.88. The minimum Gasteiger partial charge on any atom is -0.376 e. The molecule has 4 rings (SSSR count). The van der Waals surface area contributed by atoms with Gasteiger partial charge in [-0.25, -0.2) is 4.68 Å². The normalized spacial score (nSPS) is 12.2. The Morgan fingerprint density at radius 3 is 2.25 bits per heavy atom. The molecular formula is C20H18N4. The number of anilines is 1. The number of aromatic nitrogens is 3. The zero-order chi connectivity index (χ0) is 16.2. The Balaban J connectivity index is 1.67. The van der Waals surface area contributed by atoms with Gasteiger partial charge in [-0.05, 0) is 29.8 Å². The molecule has 4 nitrogen and oxygen atoms in total. The molecule has 0 amide bonds. The van der Waals surface area contributed by atoms with Gasteiger partial charge in [0.15, 0.2) is 0 Å². The van der Waals surface area contributed by atoms with E-state index in [-0.39, 0.29) is 6.04 Å². The number of nitrogens with zero attached hydrogens (tertiary/aromatic N) is 3. The van der Waals surface area contributed by atoms with Crippen LogP contribution in [0, 0.1) is 0 Å². The highest BCUT2D eigenvalue weighted by molar-refractivity contribution is 5.73. The summed E-state index contributed by atoms with van der Waals surface area (Å²) >= 11 is 0. The monoisotopic (exact) mass is 314 g/mol. The van der Waals surface area contributed by atoms with Crippen molar-refractivity contribution in [2.45, 2.75) is 12.6 Å². The smallest absolute Gasteiger partial charge is 0.113 e. The second kappa shape index (κ2) is 6.54. The summed E-state index contributed by atoms with van der Waals surface area (Å²) in [6, 6.07) is 28.8. The van der Waals surface area contributed by atoms with Crippen molar-refractivity contribution in [3.8, 4) is 0 Å². The topological polar surface area (TPSA) is 42.7 Å². The molecule has 24 heavy (non-hydrogen) atoms. The maximum absolute atomic E-state index is 4.33. The van der Waals surface area contributed by atoms with Gasteiger partial charge >= 0.3 is 0 Å². The zero-order valence-electron chi connectivity index (χ0n) is 13.2. The van der Waals surface area contributed by atoms with Crippen LogP contribution in [0.1, 0.15) is 11.6 Å². The molecule has 118 valence electrons. The van der Waals surface area contributed by atoms with Crippen LogP contribution in [0.3, 0.4) is 0 Å². The average Bonchev–Trinajstić information content (AvgIpc) is 3.06. The van der Waals surface area contributed by atoms with Crippen LogP contribution in [0.25, 0.3) is 11.0 Å². The van der Waals surface area contributed by atoms with E-state index in [0.717, 1.165) is 16.7 Å². The molecule has 1 atom stereocenters. The number of hydrogen-bond donors (Lipinski definition) is 1. The second-order valence-corrected chi connectivity index (χ2v) is 5.73. The first-order valence-corrected chi connectivity index (χ1v) is 8.05. The third-order valence-corrected chi connectivity index (χ3v) is 4.09. The van der Waals surface area contributed by atoms with Crippen LogP contribution in [-0.4, -0.2) is 15.0 Å². The molecule has 4 heteroatoms. The Labute approximate surface area is 140 Å². The largest absolute Gasteiger partial charge is 0.376 e. The van der Waals surface area contributed by atoms with Crippen LogP contribution in [-0.2, 0) is 6.54 Å². The van der Waals surface area contributed by atoms with Crippen molar-refractivity contribution >= 4 is 16.7 Å². The van der Waals surface area contributed by atoms with E-state index in [9.17, 15) is 0 Å². The van der Waals surface area contributed by atoms with E-state index in [4.69, 9.17) is 0 Å². The van der Waals surface area contributed by atoms with E-state index in [0.29, 0.717) is 6.54 Å². The summed E-state index contributed by atoms with van der Waals surface area (Å²) in [5, 5.41) is 12.2. The van der Waals surface area contributed by atoms with Crippen LogP contribution >= 0.6 is 0 Å². The SMILES string of the molecule is c1ccc(NC(Cn2nnc3ccccc32)c2ccccc2)cc1. The van der Waals surface area contributed by atoms with Crippen LogP contribution in [0.2, 0.25) is 0 Å². The third-order valence-electron chi connectivity index (χ3n) is 4.09. The lowest BCUT2D eigenvalue weighted by Gasteiger charge is -2.20. The standard InChI is InChI=1S/C20H18N4/c1-3-9-16(10-4-1)19(21-17-11-5-2-6-12-17)15-24-20-14-8-7-13-18(20)22-23-24/h1-14,19,21H,15H2. The van der Waals surface area contributed by atoms with Crippen molar-refractivity contribution in [3.63, 3.8) is 0 Å². The molecule has 0 aliphatic heterocycles. The third kappa shape index (κ3) is 2.99. The molecule has 0 bridgehead atoms. The predicted octanol–water partition coefficient (Wildman–Crippen LogP) is 4.28. The van der Waals surface area contributed by atoms with Gasteiger partial charge in [-0.2, -0.15) is 0 Å². The van der Waals surface area contributed by atoms with Crippen molar-refractivity contribution < 1.29 is 0 Å². The molecule has 0 aliphatic rings. The second-order valence-electron chi connectivity index (χ2n) is 5.73. The Hall–Kier alpha value is -3.14. The van der Waals surface area contributed by atoms with Gasteiger partial charge in [-0.1, -0.05) is 65.9 Å². The van der Waals surface area contributed by atoms with Gasteiger partial charge in [0.2, 0.25) is 0 Å². The van der Waals surface area contributed by atoms with E-state index in [1.165, 1.54) is 5.56 Å². The summed E-state index contributed by atoms with van der Waals surface area (Å²) in [4.78, 5) is 0. The summed E-state index contributed by atoms with van der Waals surface area (Å²) in [5.41, 5.74) is 4.29. The Bertz CT molecular complexity index is 916. The first kappa shape index (κ1) is 14.5. The molecule has 1 heterocycles. The van der Waals surface area contributed by atoms with Gasteiger partial charge in [0.05, 0.1) is 18.1 Å². The highest BCUT2D eigenvalue weighted by Gasteiger charge is 2.14. The number of para-hydroxylation sites is 2. The van der Waals surface area contributed by atoms with Crippen LogP contribution in [0.4, 0.5) is 5.69 Å². The lowest BCUT2D eigenvalue weighted by Crippen LogP contribution is -2.18. The maximum Gasteiger partial charge on any atom is 0.113 e. The van der Waals surface area contributed by atoms with Gasteiger partial charge in [-0.3, -0.25) is 0 Å². The molecular weight excluding hydrogens is 296 g/mol.